The van der Waals surface area contributed by atoms with Gasteiger partial charge < -0.3 is 9.64 Å². The fourth-order valence-electron chi connectivity index (χ4n) is 2.80. The fourth-order valence-corrected chi connectivity index (χ4v) is 3.89. The molecule has 1 saturated heterocycles. The monoisotopic (exact) mass is 342 g/mol. The van der Waals surface area contributed by atoms with E-state index in [0.29, 0.717) is 18.0 Å². The largest absolute Gasteiger partial charge is 0.473 e. The number of aromatic nitrogens is 1. The van der Waals surface area contributed by atoms with E-state index < -0.39 is 0 Å². The van der Waals surface area contributed by atoms with Gasteiger partial charge in [0.2, 0.25) is 5.88 Å². The molecule has 0 aliphatic carbocycles. The van der Waals surface area contributed by atoms with Crippen LogP contribution in [0.4, 0.5) is 5.69 Å². The lowest BCUT2D eigenvalue weighted by atomic mass is 10.1. The van der Waals surface area contributed by atoms with E-state index in [-0.39, 0.29) is 12.0 Å². The zero-order valence-electron chi connectivity index (χ0n) is 14.1. The Morgan fingerprint density at radius 2 is 2.17 bits per heavy atom. The van der Waals surface area contributed by atoms with Gasteiger partial charge in [-0.15, -0.1) is 0 Å². The quantitative estimate of drug-likeness (QED) is 0.825. The minimum atomic E-state index is -0.0396. The van der Waals surface area contributed by atoms with Crippen LogP contribution >= 0.6 is 11.8 Å². The number of carbonyl (C=O) groups excluding carboxylic acids is 1. The molecule has 2 aromatic rings. The number of aryl methyl sites for hydroxylation is 1. The predicted octanol–water partition coefficient (Wildman–Crippen LogP) is 3.94. The molecule has 0 bridgehead atoms. The average molecular weight is 342 g/mol. The number of benzene rings is 1. The molecule has 1 aromatic carbocycles. The normalized spacial score (nSPS) is 16.8. The number of para-hydroxylation sites is 1. The maximum atomic E-state index is 12.8. The van der Waals surface area contributed by atoms with E-state index in [9.17, 15) is 4.79 Å². The van der Waals surface area contributed by atoms with E-state index in [1.54, 1.807) is 23.2 Å². The van der Waals surface area contributed by atoms with Gasteiger partial charge in [-0.3, -0.25) is 4.79 Å². The molecule has 4 nitrogen and oxygen atoms in total. The first kappa shape index (κ1) is 16.8. The Balaban J connectivity index is 1.74. The summed E-state index contributed by atoms with van der Waals surface area (Å²) >= 11 is 1.90. The van der Waals surface area contributed by atoms with Gasteiger partial charge in [-0.1, -0.05) is 18.2 Å². The molecule has 1 aliphatic heterocycles. The summed E-state index contributed by atoms with van der Waals surface area (Å²) in [7, 11) is 0. The Kier molecular flexibility index (Phi) is 5.41. The van der Waals surface area contributed by atoms with Gasteiger partial charge in [0.25, 0.3) is 5.91 Å². The van der Waals surface area contributed by atoms with E-state index in [1.165, 1.54) is 0 Å². The number of ether oxygens (including phenoxy) is 1. The summed E-state index contributed by atoms with van der Waals surface area (Å²) in [5.41, 5.74) is 2.60. The van der Waals surface area contributed by atoms with Gasteiger partial charge in [0.15, 0.2) is 0 Å². The van der Waals surface area contributed by atoms with Gasteiger partial charge in [0, 0.05) is 30.2 Å². The second-order valence-corrected chi connectivity index (χ2v) is 6.97. The molecular formula is C19H22N2O2S. The molecule has 0 saturated carbocycles. The first-order valence-electron chi connectivity index (χ1n) is 8.27. The second-order valence-electron chi connectivity index (χ2n) is 5.82. The standard InChI is InChI=1S/C19H22N2O2S/c1-3-21(17-7-5-4-6-14(17)2)19(22)15-8-9-18(20-12-15)23-16-10-11-24-13-16/h4-9,12,16H,3,10-11,13H2,1-2H3. The highest BCUT2D eigenvalue weighted by Crippen LogP contribution is 2.24. The van der Waals surface area contributed by atoms with E-state index in [4.69, 9.17) is 4.74 Å². The lowest BCUT2D eigenvalue weighted by Gasteiger charge is -2.23. The Morgan fingerprint density at radius 1 is 1.33 bits per heavy atom. The van der Waals surface area contributed by atoms with Crippen molar-refractivity contribution in [2.24, 2.45) is 0 Å². The number of anilines is 1. The summed E-state index contributed by atoms with van der Waals surface area (Å²) in [6.45, 7) is 4.61. The highest BCUT2D eigenvalue weighted by molar-refractivity contribution is 7.99. The van der Waals surface area contributed by atoms with Gasteiger partial charge >= 0.3 is 0 Å². The lowest BCUT2D eigenvalue weighted by Crippen LogP contribution is -2.31. The number of carbonyl (C=O) groups is 1. The number of thioether (sulfide) groups is 1. The lowest BCUT2D eigenvalue weighted by molar-refractivity contribution is 0.0987. The summed E-state index contributed by atoms with van der Waals surface area (Å²) in [5, 5.41) is 0. The van der Waals surface area contributed by atoms with Crippen molar-refractivity contribution in [1.82, 2.24) is 4.98 Å². The maximum Gasteiger partial charge on any atom is 0.259 e. The van der Waals surface area contributed by atoms with Crippen LogP contribution in [0, 0.1) is 6.92 Å². The first-order valence-corrected chi connectivity index (χ1v) is 9.42. The molecule has 5 heteroatoms. The van der Waals surface area contributed by atoms with Gasteiger partial charge in [-0.2, -0.15) is 11.8 Å². The molecule has 1 amide bonds. The molecule has 1 fully saturated rings. The Labute approximate surface area is 147 Å². The molecule has 0 N–H and O–H groups in total. The van der Waals surface area contributed by atoms with Crippen LogP contribution in [-0.4, -0.2) is 35.0 Å². The summed E-state index contributed by atoms with van der Waals surface area (Å²) in [6.07, 6.45) is 2.91. The van der Waals surface area contributed by atoms with E-state index >= 15 is 0 Å². The minimum Gasteiger partial charge on any atom is -0.473 e. The van der Waals surface area contributed by atoms with Crippen molar-refractivity contribution >= 4 is 23.4 Å². The molecule has 1 atom stereocenters. The third-order valence-electron chi connectivity index (χ3n) is 4.13. The van der Waals surface area contributed by atoms with E-state index in [0.717, 1.165) is 29.2 Å². The van der Waals surface area contributed by atoms with Crippen molar-refractivity contribution < 1.29 is 9.53 Å². The molecule has 2 heterocycles. The smallest absolute Gasteiger partial charge is 0.259 e. The number of hydrogen-bond donors (Lipinski definition) is 0. The van der Waals surface area contributed by atoms with Crippen molar-refractivity contribution in [2.75, 3.05) is 23.0 Å². The summed E-state index contributed by atoms with van der Waals surface area (Å²) in [5.74, 6) is 2.71. The number of nitrogens with zero attached hydrogens (tertiary/aromatic N) is 2. The number of pyridine rings is 1. The number of amides is 1. The van der Waals surface area contributed by atoms with Crippen LogP contribution in [0.2, 0.25) is 0 Å². The van der Waals surface area contributed by atoms with Crippen LogP contribution in [0.25, 0.3) is 0 Å². The molecule has 126 valence electrons. The SMILES string of the molecule is CCN(C(=O)c1ccc(OC2CCSC2)nc1)c1ccccc1C. The zero-order chi connectivity index (χ0) is 16.9. The van der Waals surface area contributed by atoms with E-state index in [1.807, 2.05) is 49.9 Å². The van der Waals surface area contributed by atoms with Crippen LogP contribution in [0.3, 0.4) is 0 Å². The Hall–Kier alpha value is -2.01. The third kappa shape index (κ3) is 3.73. The summed E-state index contributed by atoms with van der Waals surface area (Å²) in [6, 6.07) is 11.5. The zero-order valence-corrected chi connectivity index (χ0v) is 14.9. The second kappa shape index (κ2) is 7.71. The molecule has 1 unspecified atom stereocenters. The molecule has 3 rings (SSSR count). The first-order chi connectivity index (χ1) is 11.7. The van der Waals surface area contributed by atoms with Crippen molar-refractivity contribution in [3.8, 4) is 5.88 Å². The van der Waals surface area contributed by atoms with Crippen LogP contribution in [-0.2, 0) is 0 Å². The molecular weight excluding hydrogens is 320 g/mol. The molecule has 0 radical (unpaired) electrons. The number of rotatable bonds is 5. The van der Waals surface area contributed by atoms with Gasteiger partial charge in [0.1, 0.15) is 6.10 Å². The van der Waals surface area contributed by atoms with Crippen LogP contribution in [0.15, 0.2) is 42.6 Å². The van der Waals surface area contributed by atoms with Crippen molar-refractivity contribution in [3.05, 3.63) is 53.7 Å². The predicted molar refractivity (Wildman–Crippen MR) is 99.1 cm³/mol. The van der Waals surface area contributed by atoms with Crippen molar-refractivity contribution in [1.29, 1.82) is 0 Å². The molecule has 1 aromatic heterocycles. The highest BCUT2D eigenvalue weighted by atomic mass is 32.2. The summed E-state index contributed by atoms with van der Waals surface area (Å²) in [4.78, 5) is 18.9. The van der Waals surface area contributed by atoms with Crippen LogP contribution < -0.4 is 9.64 Å². The highest BCUT2D eigenvalue weighted by Gasteiger charge is 2.20. The minimum absolute atomic E-state index is 0.0396. The van der Waals surface area contributed by atoms with E-state index in [2.05, 4.69) is 4.98 Å². The molecule has 0 spiro atoms. The maximum absolute atomic E-state index is 12.8. The molecule has 1 aliphatic rings. The Bertz CT molecular complexity index is 697. The van der Waals surface area contributed by atoms with Crippen LogP contribution in [0.1, 0.15) is 29.3 Å². The fraction of sp³-hybridized carbons (Fsp3) is 0.368. The molecule has 24 heavy (non-hydrogen) atoms. The van der Waals surface area contributed by atoms with Crippen molar-refractivity contribution in [2.45, 2.75) is 26.4 Å². The Morgan fingerprint density at radius 3 is 2.79 bits per heavy atom. The summed E-state index contributed by atoms with van der Waals surface area (Å²) < 4.78 is 5.84. The third-order valence-corrected chi connectivity index (χ3v) is 5.26. The van der Waals surface area contributed by atoms with Gasteiger partial charge in [0.05, 0.1) is 5.56 Å². The van der Waals surface area contributed by atoms with Crippen molar-refractivity contribution in [3.63, 3.8) is 0 Å². The number of hydrogen-bond acceptors (Lipinski definition) is 4. The van der Waals surface area contributed by atoms with Crippen LogP contribution in [0.5, 0.6) is 5.88 Å². The van der Waals surface area contributed by atoms with Gasteiger partial charge in [-0.25, -0.2) is 4.98 Å². The topological polar surface area (TPSA) is 42.4 Å². The average Bonchev–Trinajstić information content (AvgIpc) is 3.11. The van der Waals surface area contributed by atoms with Gasteiger partial charge in [-0.05, 0) is 43.7 Å².